The average molecular weight is 374 g/mol. The zero-order valence-electron chi connectivity index (χ0n) is 15.2. The van der Waals surface area contributed by atoms with Gasteiger partial charge in [0.15, 0.2) is 5.65 Å². The zero-order valence-corrected chi connectivity index (χ0v) is 15.2. The number of rotatable bonds is 6. The van der Waals surface area contributed by atoms with Gasteiger partial charge in [0.2, 0.25) is 11.7 Å². The second-order valence-electron chi connectivity index (χ2n) is 5.99. The Hall–Kier alpha value is -3.65. The van der Waals surface area contributed by atoms with Gasteiger partial charge in [-0.1, -0.05) is 18.2 Å². The van der Waals surface area contributed by atoms with Gasteiger partial charge in [0.1, 0.15) is 12.3 Å². The van der Waals surface area contributed by atoms with Gasteiger partial charge in [0.05, 0.1) is 5.69 Å². The van der Waals surface area contributed by atoms with E-state index in [0.717, 1.165) is 11.3 Å². The molecule has 28 heavy (non-hydrogen) atoms. The first-order valence-electron chi connectivity index (χ1n) is 8.86. The maximum Gasteiger partial charge on any atom is 0.250 e. The van der Waals surface area contributed by atoms with E-state index in [1.165, 1.54) is 0 Å². The molecule has 1 aromatic carbocycles. The van der Waals surface area contributed by atoms with Crippen LogP contribution >= 0.6 is 0 Å². The summed E-state index contributed by atoms with van der Waals surface area (Å²) < 4.78 is 6.79. The van der Waals surface area contributed by atoms with Gasteiger partial charge in [-0.2, -0.15) is 9.61 Å². The third-order valence-corrected chi connectivity index (χ3v) is 4.04. The fourth-order valence-corrected chi connectivity index (χ4v) is 2.75. The van der Waals surface area contributed by atoms with E-state index in [2.05, 4.69) is 25.6 Å². The zero-order chi connectivity index (χ0) is 19.3. The summed E-state index contributed by atoms with van der Waals surface area (Å²) in [5.41, 5.74) is 3.59. The molecule has 140 valence electrons. The van der Waals surface area contributed by atoms with Gasteiger partial charge in [-0.25, -0.2) is 0 Å². The number of carbonyl (C=O) groups excluding carboxylic acids is 1. The van der Waals surface area contributed by atoms with E-state index in [0.29, 0.717) is 29.5 Å². The van der Waals surface area contributed by atoms with Crippen LogP contribution in [0.5, 0.6) is 0 Å². The van der Waals surface area contributed by atoms with Crippen molar-refractivity contribution in [2.24, 2.45) is 0 Å². The summed E-state index contributed by atoms with van der Waals surface area (Å²) >= 11 is 0. The lowest BCUT2D eigenvalue weighted by atomic mass is 10.1. The van der Waals surface area contributed by atoms with Crippen LogP contribution in [0.3, 0.4) is 0 Å². The van der Waals surface area contributed by atoms with Crippen LogP contribution in [0.15, 0.2) is 60.8 Å². The molecule has 4 rings (SSSR count). The summed E-state index contributed by atoms with van der Waals surface area (Å²) in [6, 6.07) is 16.8. The summed E-state index contributed by atoms with van der Waals surface area (Å²) in [4.78, 5) is 16.2. The standard InChI is InChI=1S/C20H18N6O2/c1-2-28-13-19(27)22-15-7-5-6-14(12-15)16-9-10-18-23-24-20(26(18)25-16)17-8-3-4-11-21-17/h3-12H,2,13H2,1H3,(H,22,27). The van der Waals surface area contributed by atoms with Crippen LogP contribution < -0.4 is 5.32 Å². The highest BCUT2D eigenvalue weighted by molar-refractivity contribution is 5.92. The number of carbonyl (C=O) groups is 1. The number of fused-ring (bicyclic) bond motifs is 1. The molecule has 3 heterocycles. The number of pyridine rings is 1. The minimum atomic E-state index is -0.196. The predicted octanol–water partition coefficient (Wildman–Crippen LogP) is 2.83. The normalized spacial score (nSPS) is 10.9. The lowest BCUT2D eigenvalue weighted by Gasteiger charge is -2.08. The Balaban J connectivity index is 1.66. The Kier molecular flexibility index (Phi) is 5.03. The highest BCUT2D eigenvalue weighted by Crippen LogP contribution is 2.22. The van der Waals surface area contributed by atoms with Gasteiger partial charge in [-0.15, -0.1) is 10.2 Å². The Morgan fingerprint density at radius 3 is 2.82 bits per heavy atom. The van der Waals surface area contributed by atoms with Crippen molar-refractivity contribution in [1.82, 2.24) is 24.8 Å². The van der Waals surface area contributed by atoms with E-state index in [-0.39, 0.29) is 12.5 Å². The fourth-order valence-electron chi connectivity index (χ4n) is 2.75. The maximum atomic E-state index is 11.9. The van der Waals surface area contributed by atoms with Crippen LogP contribution in [0.25, 0.3) is 28.4 Å². The van der Waals surface area contributed by atoms with Gasteiger partial charge >= 0.3 is 0 Å². The molecule has 0 fully saturated rings. The summed E-state index contributed by atoms with van der Waals surface area (Å²) in [5.74, 6) is 0.372. The first-order chi connectivity index (χ1) is 13.7. The number of hydrogen-bond acceptors (Lipinski definition) is 6. The largest absolute Gasteiger partial charge is 0.372 e. The number of anilines is 1. The van der Waals surface area contributed by atoms with Crippen molar-refractivity contribution in [1.29, 1.82) is 0 Å². The van der Waals surface area contributed by atoms with Crippen molar-refractivity contribution < 1.29 is 9.53 Å². The molecule has 3 aromatic heterocycles. The van der Waals surface area contributed by atoms with Crippen LogP contribution in [0.1, 0.15) is 6.92 Å². The summed E-state index contributed by atoms with van der Waals surface area (Å²) in [5, 5.41) is 15.8. The number of hydrogen-bond donors (Lipinski definition) is 1. The van der Waals surface area contributed by atoms with E-state index in [1.807, 2.05) is 61.5 Å². The Morgan fingerprint density at radius 1 is 1.07 bits per heavy atom. The second kappa shape index (κ2) is 7.93. The van der Waals surface area contributed by atoms with E-state index >= 15 is 0 Å². The molecule has 1 amide bonds. The lowest BCUT2D eigenvalue weighted by molar-refractivity contribution is -0.120. The average Bonchev–Trinajstić information content (AvgIpc) is 3.16. The quantitative estimate of drug-likeness (QED) is 0.558. The smallest absolute Gasteiger partial charge is 0.250 e. The van der Waals surface area contributed by atoms with Gasteiger partial charge in [0.25, 0.3) is 0 Å². The van der Waals surface area contributed by atoms with Crippen LogP contribution in [0.2, 0.25) is 0 Å². The minimum Gasteiger partial charge on any atom is -0.372 e. The van der Waals surface area contributed by atoms with Crippen molar-refractivity contribution in [2.75, 3.05) is 18.5 Å². The van der Waals surface area contributed by atoms with Gasteiger partial charge in [0, 0.05) is 24.1 Å². The van der Waals surface area contributed by atoms with E-state index < -0.39 is 0 Å². The number of aromatic nitrogens is 5. The third-order valence-electron chi connectivity index (χ3n) is 4.04. The molecule has 0 atom stereocenters. The first kappa shape index (κ1) is 17.7. The molecule has 0 aliphatic heterocycles. The van der Waals surface area contributed by atoms with E-state index in [1.54, 1.807) is 10.7 Å². The number of ether oxygens (including phenoxy) is 1. The Labute approximate surface area is 161 Å². The fraction of sp³-hybridized carbons (Fsp3) is 0.150. The topological polar surface area (TPSA) is 94.3 Å². The van der Waals surface area contributed by atoms with Gasteiger partial charge in [-0.05, 0) is 43.3 Å². The van der Waals surface area contributed by atoms with Crippen LogP contribution in [-0.4, -0.2) is 43.9 Å². The molecule has 0 saturated heterocycles. The molecule has 0 saturated carbocycles. The molecule has 0 aliphatic rings. The summed E-state index contributed by atoms with van der Waals surface area (Å²) in [6.07, 6.45) is 1.70. The van der Waals surface area contributed by atoms with Crippen molar-refractivity contribution in [2.45, 2.75) is 6.92 Å². The van der Waals surface area contributed by atoms with E-state index in [4.69, 9.17) is 4.74 Å². The summed E-state index contributed by atoms with van der Waals surface area (Å²) in [6.45, 7) is 2.37. The molecule has 0 spiro atoms. The molecule has 4 aromatic rings. The number of benzene rings is 1. The minimum absolute atomic E-state index is 0.0269. The highest BCUT2D eigenvalue weighted by atomic mass is 16.5. The lowest BCUT2D eigenvalue weighted by Crippen LogP contribution is -2.18. The first-order valence-corrected chi connectivity index (χ1v) is 8.86. The van der Waals surface area contributed by atoms with Crippen molar-refractivity contribution in [3.05, 3.63) is 60.8 Å². The van der Waals surface area contributed by atoms with Crippen LogP contribution in [0, 0.1) is 0 Å². The van der Waals surface area contributed by atoms with E-state index in [9.17, 15) is 4.79 Å². The molecular formula is C20H18N6O2. The third kappa shape index (κ3) is 3.72. The number of amides is 1. The van der Waals surface area contributed by atoms with Crippen molar-refractivity contribution in [3.63, 3.8) is 0 Å². The van der Waals surface area contributed by atoms with Crippen LogP contribution in [-0.2, 0) is 9.53 Å². The molecule has 8 heteroatoms. The highest BCUT2D eigenvalue weighted by Gasteiger charge is 2.12. The van der Waals surface area contributed by atoms with Crippen molar-refractivity contribution in [3.8, 4) is 22.8 Å². The SMILES string of the molecule is CCOCC(=O)Nc1cccc(-c2ccc3nnc(-c4ccccn4)n3n2)c1. The second-order valence-corrected chi connectivity index (χ2v) is 5.99. The van der Waals surface area contributed by atoms with Crippen molar-refractivity contribution >= 4 is 17.2 Å². The number of nitrogens with one attached hydrogen (secondary N) is 1. The molecule has 0 aliphatic carbocycles. The van der Waals surface area contributed by atoms with Gasteiger partial charge in [-0.3, -0.25) is 9.78 Å². The molecule has 0 bridgehead atoms. The molecular weight excluding hydrogens is 356 g/mol. The maximum absolute atomic E-state index is 11.9. The monoisotopic (exact) mass is 374 g/mol. The molecule has 8 nitrogen and oxygen atoms in total. The van der Waals surface area contributed by atoms with Gasteiger partial charge < -0.3 is 10.1 Å². The Bertz CT molecular complexity index is 1110. The van der Waals surface area contributed by atoms with Crippen LogP contribution in [0.4, 0.5) is 5.69 Å². The number of nitrogens with zero attached hydrogens (tertiary/aromatic N) is 5. The molecule has 1 N–H and O–H groups in total. The Morgan fingerprint density at radius 2 is 2.00 bits per heavy atom. The molecule has 0 unspecified atom stereocenters. The summed E-state index contributed by atoms with van der Waals surface area (Å²) in [7, 11) is 0. The predicted molar refractivity (Wildman–Crippen MR) is 105 cm³/mol. The molecule has 0 radical (unpaired) electrons.